The topological polar surface area (TPSA) is 66.8 Å². The van der Waals surface area contributed by atoms with Gasteiger partial charge in [0.1, 0.15) is 5.75 Å². The van der Waals surface area contributed by atoms with E-state index in [0.717, 1.165) is 11.1 Å². The van der Waals surface area contributed by atoms with Crippen molar-refractivity contribution in [1.82, 2.24) is 0 Å². The second-order valence-corrected chi connectivity index (χ2v) is 5.60. The summed E-state index contributed by atoms with van der Waals surface area (Å²) in [6, 6.07) is 15.3. The molecule has 5 heteroatoms. The number of benzene rings is 2. The lowest BCUT2D eigenvalue weighted by Gasteiger charge is -2.10. The number of rotatable bonds is 2. The molecule has 2 aromatic rings. The average Bonchev–Trinajstić information content (AvgIpc) is 2.35. The van der Waals surface area contributed by atoms with Crippen LogP contribution in [-0.2, 0) is 4.57 Å². The minimum atomic E-state index is -4.43. The van der Waals surface area contributed by atoms with E-state index in [9.17, 15) is 4.57 Å². The van der Waals surface area contributed by atoms with E-state index in [2.05, 4.69) is 23.6 Å². The molecule has 0 aliphatic heterocycles. The third-order valence-corrected chi connectivity index (χ3v) is 3.15. The molecule has 2 N–H and O–H groups in total. The molecule has 0 saturated heterocycles. The number of hydrogen-bond donors (Lipinski definition) is 2. The monoisotopic (exact) mass is 294 g/mol. The highest BCUT2D eigenvalue weighted by Gasteiger charge is 2.17. The maximum absolute atomic E-state index is 10.5. The molecule has 108 valence electrons. The zero-order valence-corrected chi connectivity index (χ0v) is 12.7. The number of phosphoric ester groups is 1. The highest BCUT2D eigenvalue weighted by atomic mass is 31.2. The van der Waals surface area contributed by atoms with E-state index < -0.39 is 7.82 Å². The molecule has 2 rings (SSSR count). The molecule has 0 heterocycles. The summed E-state index contributed by atoms with van der Waals surface area (Å²) in [5.74, 6) is 0.230. The molecule has 0 aliphatic rings. The maximum atomic E-state index is 10.5. The normalized spacial score (nSPS) is 10.4. The molecule has 2 aromatic carbocycles. The highest BCUT2D eigenvalue weighted by Crippen LogP contribution is 2.39. The Morgan fingerprint density at radius 3 is 1.95 bits per heavy atom. The Hall–Kier alpha value is -1.61. The molecular formula is C15H19O4P. The summed E-state index contributed by atoms with van der Waals surface area (Å²) in [4.78, 5) is 17.2. The maximum Gasteiger partial charge on any atom is 0.524 e. The minimum absolute atomic E-state index is 0.230. The van der Waals surface area contributed by atoms with E-state index in [1.54, 1.807) is 13.0 Å². The Balaban J connectivity index is 0.000000240. The molecule has 20 heavy (non-hydrogen) atoms. The summed E-state index contributed by atoms with van der Waals surface area (Å²) in [5.41, 5.74) is 3.00. The van der Waals surface area contributed by atoms with Crippen molar-refractivity contribution in [3.63, 3.8) is 0 Å². The van der Waals surface area contributed by atoms with Crippen molar-refractivity contribution in [3.05, 3.63) is 65.2 Å². The fraction of sp³-hybridized carbons (Fsp3) is 0.200. The summed E-state index contributed by atoms with van der Waals surface area (Å²) >= 11 is 0. The SMILES string of the molecule is Cc1cccc(OP(=O)(O)O)c1C.Cc1ccccc1. The van der Waals surface area contributed by atoms with Gasteiger partial charge in [-0.2, -0.15) is 0 Å². The summed E-state index contributed by atoms with van der Waals surface area (Å²) in [6.45, 7) is 5.68. The van der Waals surface area contributed by atoms with Crippen LogP contribution in [0.2, 0.25) is 0 Å². The van der Waals surface area contributed by atoms with Gasteiger partial charge in [-0.25, -0.2) is 4.57 Å². The lowest BCUT2D eigenvalue weighted by atomic mass is 10.1. The molecule has 0 atom stereocenters. The van der Waals surface area contributed by atoms with E-state index in [0.29, 0.717) is 0 Å². The van der Waals surface area contributed by atoms with Gasteiger partial charge >= 0.3 is 7.82 Å². The Labute approximate surface area is 119 Å². The molecule has 0 radical (unpaired) electrons. The predicted molar refractivity (Wildman–Crippen MR) is 79.8 cm³/mol. The first kappa shape index (κ1) is 16.4. The third-order valence-electron chi connectivity index (χ3n) is 2.71. The van der Waals surface area contributed by atoms with Gasteiger partial charge in [0, 0.05) is 0 Å². The molecule has 0 aromatic heterocycles. The number of hydrogen-bond acceptors (Lipinski definition) is 2. The lowest BCUT2D eigenvalue weighted by Crippen LogP contribution is -1.93. The number of phosphoric acid groups is 1. The second kappa shape index (κ2) is 7.25. The zero-order chi connectivity index (χ0) is 15.2. The first-order chi connectivity index (χ1) is 9.29. The molecule has 0 spiro atoms. The predicted octanol–water partition coefficient (Wildman–Crippen LogP) is 3.77. The standard InChI is InChI=1S/C8H11O4P.C7H8/c1-6-4-3-5-8(7(6)2)12-13(9,10)11;1-7-5-3-2-4-6-7/h3-5H,1-2H3,(H2,9,10,11);2-6H,1H3. The van der Waals surface area contributed by atoms with Gasteiger partial charge in [-0.3, -0.25) is 9.79 Å². The van der Waals surface area contributed by atoms with E-state index in [4.69, 9.17) is 9.79 Å². The summed E-state index contributed by atoms with van der Waals surface area (Å²) in [7, 11) is -4.43. The van der Waals surface area contributed by atoms with Crippen molar-refractivity contribution < 1.29 is 18.9 Å². The van der Waals surface area contributed by atoms with Crippen LogP contribution < -0.4 is 4.52 Å². The molecule has 0 fully saturated rings. The molecule has 0 saturated carbocycles. The zero-order valence-electron chi connectivity index (χ0n) is 11.8. The molecule has 0 aliphatic carbocycles. The van der Waals surface area contributed by atoms with Gasteiger partial charge in [0.25, 0.3) is 0 Å². The van der Waals surface area contributed by atoms with Crippen LogP contribution in [0.1, 0.15) is 16.7 Å². The fourth-order valence-electron chi connectivity index (χ4n) is 1.49. The van der Waals surface area contributed by atoms with Gasteiger partial charge in [-0.05, 0) is 38.0 Å². The molecular weight excluding hydrogens is 275 g/mol. The smallest absolute Gasteiger partial charge is 0.404 e. The van der Waals surface area contributed by atoms with E-state index in [1.165, 1.54) is 11.6 Å². The van der Waals surface area contributed by atoms with Crippen molar-refractivity contribution in [2.24, 2.45) is 0 Å². The van der Waals surface area contributed by atoms with Gasteiger partial charge < -0.3 is 4.52 Å². The Morgan fingerprint density at radius 1 is 0.900 bits per heavy atom. The van der Waals surface area contributed by atoms with Crippen LogP contribution in [0.5, 0.6) is 5.75 Å². The van der Waals surface area contributed by atoms with Gasteiger partial charge in [0.2, 0.25) is 0 Å². The molecule has 0 unspecified atom stereocenters. The van der Waals surface area contributed by atoms with Gasteiger partial charge in [0.05, 0.1) is 0 Å². The van der Waals surface area contributed by atoms with Crippen LogP contribution in [0, 0.1) is 20.8 Å². The number of aryl methyl sites for hydroxylation is 2. The van der Waals surface area contributed by atoms with Crippen molar-refractivity contribution in [2.45, 2.75) is 20.8 Å². The highest BCUT2D eigenvalue weighted by molar-refractivity contribution is 7.46. The largest absolute Gasteiger partial charge is 0.524 e. The Bertz CT molecular complexity index is 590. The van der Waals surface area contributed by atoms with Crippen LogP contribution >= 0.6 is 7.82 Å². The Morgan fingerprint density at radius 2 is 1.50 bits per heavy atom. The van der Waals surface area contributed by atoms with Crippen molar-refractivity contribution in [2.75, 3.05) is 0 Å². The van der Waals surface area contributed by atoms with Crippen molar-refractivity contribution in [3.8, 4) is 5.75 Å². The first-order valence-electron chi connectivity index (χ1n) is 6.12. The van der Waals surface area contributed by atoms with Gasteiger partial charge in [0.15, 0.2) is 0 Å². The Kier molecular flexibility index (Phi) is 5.96. The molecule has 0 amide bonds. The quantitative estimate of drug-likeness (QED) is 0.827. The van der Waals surface area contributed by atoms with Crippen LogP contribution in [0.15, 0.2) is 48.5 Å². The van der Waals surface area contributed by atoms with Gasteiger partial charge in [-0.1, -0.05) is 48.0 Å². The molecule has 0 bridgehead atoms. The molecule has 4 nitrogen and oxygen atoms in total. The summed E-state index contributed by atoms with van der Waals surface area (Å²) in [5, 5.41) is 0. The lowest BCUT2D eigenvalue weighted by molar-refractivity contribution is 0.282. The minimum Gasteiger partial charge on any atom is -0.404 e. The van der Waals surface area contributed by atoms with Gasteiger partial charge in [-0.15, -0.1) is 0 Å². The average molecular weight is 294 g/mol. The van der Waals surface area contributed by atoms with Crippen LogP contribution in [0.3, 0.4) is 0 Å². The van der Waals surface area contributed by atoms with E-state index >= 15 is 0 Å². The first-order valence-corrected chi connectivity index (χ1v) is 7.65. The fourth-order valence-corrected chi connectivity index (χ4v) is 1.94. The summed E-state index contributed by atoms with van der Waals surface area (Å²) in [6.07, 6.45) is 0. The van der Waals surface area contributed by atoms with Crippen molar-refractivity contribution in [1.29, 1.82) is 0 Å². The van der Waals surface area contributed by atoms with Crippen LogP contribution in [0.4, 0.5) is 0 Å². The van der Waals surface area contributed by atoms with E-state index in [1.807, 2.05) is 31.2 Å². The van der Waals surface area contributed by atoms with E-state index in [-0.39, 0.29) is 5.75 Å². The second-order valence-electron chi connectivity index (χ2n) is 4.43. The third kappa shape index (κ3) is 6.02. The van der Waals surface area contributed by atoms with Crippen LogP contribution in [-0.4, -0.2) is 9.79 Å². The van der Waals surface area contributed by atoms with Crippen LogP contribution in [0.25, 0.3) is 0 Å². The van der Waals surface area contributed by atoms with Crippen molar-refractivity contribution >= 4 is 7.82 Å². The summed E-state index contributed by atoms with van der Waals surface area (Å²) < 4.78 is 15.0.